The van der Waals surface area contributed by atoms with Crippen LogP contribution in [0.25, 0.3) is 0 Å². The summed E-state index contributed by atoms with van der Waals surface area (Å²) >= 11 is 0. The van der Waals surface area contributed by atoms with E-state index in [2.05, 4.69) is 10.3 Å². The standard InChI is InChI=1S/C10H15N3O2/c1-10(2,3)13-8(6-4-5-6)7(9(14)15)11-12-13/h6H,4-5H2,1-3H3,(H,14,15). The molecular formula is C10H15N3O2. The van der Waals surface area contributed by atoms with E-state index in [4.69, 9.17) is 5.11 Å². The predicted octanol–water partition coefficient (Wildman–Crippen LogP) is 1.61. The fourth-order valence-electron chi connectivity index (χ4n) is 1.66. The fourth-order valence-corrected chi connectivity index (χ4v) is 1.66. The lowest BCUT2D eigenvalue weighted by molar-refractivity contribution is 0.0689. The van der Waals surface area contributed by atoms with Crippen molar-refractivity contribution < 1.29 is 9.90 Å². The normalized spacial score (nSPS) is 16.7. The third-order valence-electron chi connectivity index (χ3n) is 2.51. The molecule has 0 bridgehead atoms. The summed E-state index contributed by atoms with van der Waals surface area (Å²) in [5.41, 5.74) is 0.695. The molecule has 0 spiro atoms. The number of carboxylic acid groups (broad SMARTS) is 1. The van der Waals surface area contributed by atoms with Gasteiger partial charge in [-0.15, -0.1) is 5.10 Å². The molecule has 0 aromatic carbocycles. The summed E-state index contributed by atoms with van der Waals surface area (Å²) in [6.07, 6.45) is 2.09. The molecule has 5 nitrogen and oxygen atoms in total. The zero-order valence-corrected chi connectivity index (χ0v) is 9.19. The van der Waals surface area contributed by atoms with Crippen LogP contribution in [-0.4, -0.2) is 26.1 Å². The van der Waals surface area contributed by atoms with Crippen molar-refractivity contribution in [2.75, 3.05) is 0 Å². The quantitative estimate of drug-likeness (QED) is 0.803. The molecule has 0 amide bonds. The van der Waals surface area contributed by atoms with Gasteiger partial charge in [0.2, 0.25) is 0 Å². The molecule has 5 heteroatoms. The number of hydrogen-bond donors (Lipinski definition) is 1. The Bertz CT molecular complexity index is 399. The second kappa shape index (κ2) is 3.05. The summed E-state index contributed by atoms with van der Waals surface area (Å²) in [6, 6.07) is 0. The van der Waals surface area contributed by atoms with Gasteiger partial charge in [-0.25, -0.2) is 9.48 Å². The highest BCUT2D eigenvalue weighted by Crippen LogP contribution is 2.42. The summed E-state index contributed by atoms with van der Waals surface area (Å²) in [7, 11) is 0. The molecule has 1 aromatic heterocycles. The van der Waals surface area contributed by atoms with Crippen LogP contribution < -0.4 is 0 Å². The molecule has 0 saturated heterocycles. The lowest BCUT2D eigenvalue weighted by Gasteiger charge is -2.21. The highest BCUT2D eigenvalue weighted by molar-refractivity contribution is 5.86. The number of carboxylic acids is 1. The van der Waals surface area contributed by atoms with E-state index < -0.39 is 5.97 Å². The molecule has 82 valence electrons. The van der Waals surface area contributed by atoms with Gasteiger partial charge in [-0.3, -0.25) is 0 Å². The number of hydrogen-bond acceptors (Lipinski definition) is 3. The molecule has 15 heavy (non-hydrogen) atoms. The van der Waals surface area contributed by atoms with Gasteiger partial charge < -0.3 is 5.11 Å². The number of aromatic nitrogens is 3. The van der Waals surface area contributed by atoms with Gasteiger partial charge in [0, 0.05) is 5.92 Å². The minimum absolute atomic E-state index is 0.118. The highest BCUT2D eigenvalue weighted by Gasteiger charge is 2.36. The molecular weight excluding hydrogens is 194 g/mol. The first-order valence-corrected chi connectivity index (χ1v) is 5.10. The van der Waals surface area contributed by atoms with Gasteiger partial charge in [-0.1, -0.05) is 5.21 Å². The number of rotatable bonds is 2. The molecule has 1 heterocycles. The molecule has 1 N–H and O–H groups in total. The minimum Gasteiger partial charge on any atom is -0.476 e. The Kier molecular flexibility index (Phi) is 2.06. The van der Waals surface area contributed by atoms with Gasteiger partial charge in [0.15, 0.2) is 5.69 Å². The van der Waals surface area contributed by atoms with Crippen LogP contribution >= 0.6 is 0 Å². The smallest absolute Gasteiger partial charge is 0.358 e. The van der Waals surface area contributed by atoms with Crippen molar-refractivity contribution in [3.8, 4) is 0 Å². The Balaban J connectivity index is 2.52. The molecule has 1 aliphatic rings. The number of aromatic carboxylic acids is 1. The first-order chi connectivity index (χ1) is 6.91. The van der Waals surface area contributed by atoms with E-state index in [0.29, 0.717) is 5.92 Å². The molecule has 1 fully saturated rings. The molecule has 2 rings (SSSR count). The fraction of sp³-hybridized carbons (Fsp3) is 0.700. The van der Waals surface area contributed by atoms with Crippen LogP contribution in [0, 0.1) is 0 Å². The van der Waals surface area contributed by atoms with Gasteiger partial charge in [0.25, 0.3) is 0 Å². The third-order valence-corrected chi connectivity index (χ3v) is 2.51. The first-order valence-electron chi connectivity index (χ1n) is 5.10. The van der Waals surface area contributed by atoms with E-state index in [0.717, 1.165) is 18.5 Å². The molecule has 1 aromatic rings. The van der Waals surface area contributed by atoms with Crippen LogP contribution in [0.4, 0.5) is 0 Å². The van der Waals surface area contributed by atoms with Crippen molar-refractivity contribution >= 4 is 5.97 Å². The van der Waals surface area contributed by atoms with E-state index in [9.17, 15) is 4.79 Å². The van der Waals surface area contributed by atoms with Crippen LogP contribution in [-0.2, 0) is 5.54 Å². The van der Waals surface area contributed by atoms with Crippen molar-refractivity contribution in [1.82, 2.24) is 15.0 Å². The largest absolute Gasteiger partial charge is 0.476 e. The Hall–Kier alpha value is -1.39. The van der Waals surface area contributed by atoms with E-state index >= 15 is 0 Å². The Morgan fingerprint density at radius 2 is 2.07 bits per heavy atom. The van der Waals surface area contributed by atoms with Crippen LogP contribution in [0.3, 0.4) is 0 Å². The Labute approximate surface area is 88.1 Å². The summed E-state index contributed by atoms with van der Waals surface area (Å²) in [6.45, 7) is 6.00. The van der Waals surface area contributed by atoms with E-state index in [1.54, 1.807) is 4.68 Å². The minimum atomic E-state index is -0.979. The van der Waals surface area contributed by atoms with Crippen LogP contribution in [0.15, 0.2) is 0 Å². The maximum Gasteiger partial charge on any atom is 0.358 e. The average molecular weight is 209 g/mol. The first kappa shape index (κ1) is 10.1. The SMILES string of the molecule is CC(C)(C)n1nnc(C(=O)O)c1C1CC1. The maximum absolute atomic E-state index is 11.0. The zero-order valence-electron chi connectivity index (χ0n) is 9.19. The summed E-state index contributed by atoms with van der Waals surface area (Å²) in [5.74, 6) is -0.641. The van der Waals surface area contributed by atoms with Crippen LogP contribution in [0.2, 0.25) is 0 Å². The van der Waals surface area contributed by atoms with Crippen LogP contribution in [0.5, 0.6) is 0 Å². The van der Waals surface area contributed by atoms with E-state index in [1.807, 2.05) is 20.8 Å². The average Bonchev–Trinajstić information content (AvgIpc) is 2.81. The van der Waals surface area contributed by atoms with E-state index in [1.165, 1.54) is 0 Å². The Morgan fingerprint density at radius 1 is 1.47 bits per heavy atom. The summed E-state index contributed by atoms with van der Waals surface area (Å²) < 4.78 is 1.74. The lowest BCUT2D eigenvalue weighted by Crippen LogP contribution is -2.25. The number of nitrogens with zero attached hydrogens (tertiary/aromatic N) is 3. The molecule has 1 aliphatic carbocycles. The summed E-state index contributed by atoms with van der Waals surface area (Å²) in [5, 5.41) is 16.7. The van der Waals surface area contributed by atoms with Gasteiger partial charge in [-0.05, 0) is 33.6 Å². The Morgan fingerprint density at radius 3 is 2.47 bits per heavy atom. The second-order valence-electron chi connectivity index (χ2n) is 4.99. The van der Waals surface area contributed by atoms with Crippen molar-refractivity contribution in [2.24, 2.45) is 0 Å². The molecule has 0 radical (unpaired) electrons. The van der Waals surface area contributed by atoms with Gasteiger partial charge in [-0.2, -0.15) is 0 Å². The van der Waals surface area contributed by atoms with Crippen molar-refractivity contribution in [1.29, 1.82) is 0 Å². The maximum atomic E-state index is 11.0. The monoisotopic (exact) mass is 209 g/mol. The van der Waals surface area contributed by atoms with Crippen LogP contribution in [0.1, 0.15) is 55.7 Å². The van der Waals surface area contributed by atoms with Crippen molar-refractivity contribution in [2.45, 2.75) is 45.1 Å². The summed E-state index contributed by atoms with van der Waals surface area (Å²) in [4.78, 5) is 11.0. The second-order valence-corrected chi connectivity index (χ2v) is 4.99. The van der Waals surface area contributed by atoms with Gasteiger partial charge in [0.05, 0.1) is 11.2 Å². The third kappa shape index (κ3) is 1.73. The molecule has 0 unspecified atom stereocenters. The highest BCUT2D eigenvalue weighted by atomic mass is 16.4. The molecule has 0 aliphatic heterocycles. The number of carbonyl (C=O) groups is 1. The topological polar surface area (TPSA) is 68.0 Å². The lowest BCUT2D eigenvalue weighted by atomic mass is 10.1. The van der Waals surface area contributed by atoms with Crippen molar-refractivity contribution in [3.63, 3.8) is 0 Å². The van der Waals surface area contributed by atoms with Gasteiger partial charge >= 0.3 is 5.97 Å². The predicted molar refractivity (Wildman–Crippen MR) is 54.0 cm³/mol. The van der Waals surface area contributed by atoms with Crippen molar-refractivity contribution in [3.05, 3.63) is 11.4 Å². The van der Waals surface area contributed by atoms with E-state index in [-0.39, 0.29) is 11.2 Å². The zero-order chi connectivity index (χ0) is 11.2. The van der Waals surface area contributed by atoms with Gasteiger partial charge in [0.1, 0.15) is 0 Å². The molecule has 1 saturated carbocycles. The molecule has 0 atom stereocenters.